The Morgan fingerprint density at radius 2 is 1.93 bits per heavy atom. The molecule has 6 nitrogen and oxygen atoms in total. The molecule has 2 heterocycles. The normalized spacial score (nSPS) is 22.3. The van der Waals surface area contributed by atoms with Gasteiger partial charge in [-0.2, -0.15) is 0 Å². The Hall–Kier alpha value is -2.15. The van der Waals surface area contributed by atoms with E-state index in [-0.39, 0.29) is 17.7 Å². The van der Waals surface area contributed by atoms with E-state index in [0.717, 1.165) is 43.7 Å². The Balaban J connectivity index is 1.36. The van der Waals surface area contributed by atoms with Gasteiger partial charge in [-0.15, -0.1) is 0 Å². The average molecular weight is 385 g/mol. The highest BCUT2D eigenvalue weighted by atomic mass is 32.2. The summed E-state index contributed by atoms with van der Waals surface area (Å²) in [5.41, 5.74) is 0.964. The molecule has 1 amide bonds. The molecule has 2 aromatic heterocycles. The van der Waals surface area contributed by atoms with Gasteiger partial charge in [-0.1, -0.05) is 11.8 Å². The van der Waals surface area contributed by atoms with E-state index in [1.807, 2.05) is 6.07 Å². The van der Waals surface area contributed by atoms with E-state index in [4.69, 9.17) is 4.42 Å². The minimum Gasteiger partial charge on any atom is -0.465 e. The summed E-state index contributed by atoms with van der Waals surface area (Å²) < 4.78 is 5.70. The van der Waals surface area contributed by atoms with Crippen molar-refractivity contribution in [3.63, 3.8) is 0 Å². The Morgan fingerprint density at radius 1 is 1.19 bits per heavy atom. The first-order chi connectivity index (χ1) is 13.1. The number of Topliss-reactive ketones (excluding diaryl/α,β-unsaturated/α-hetero) is 1. The number of fused-ring (bicyclic) bond motifs is 1. The zero-order chi connectivity index (χ0) is 18.8. The van der Waals surface area contributed by atoms with Gasteiger partial charge in [0.25, 0.3) is 5.91 Å². The third kappa shape index (κ3) is 3.93. The molecule has 0 bridgehead atoms. The fourth-order valence-corrected chi connectivity index (χ4v) is 5.01. The van der Waals surface area contributed by atoms with Crippen molar-refractivity contribution in [2.75, 3.05) is 0 Å². The summed E-state index contributed by atoms with van der Waals surface area (Å²) >= 11 is 1.71. The van der Waals surface area contributed by atoms with Crippen LogP contribution in [0.5, 0.6) is 0 Å². The molecule has 0 unspecified atom stereocenters. The van der Waals surface area contributed by atoms with Crippen LogP contribution >= 0.6 is 11.8 Å². The van der Waals surface area contributed by atoms with Gasteiger partial charge < -0.3 is 9.73 Å². The molecule has 4 rings (SSSR count). The van der Waals surface area contributed by atoms with Gasteiger partial charge >= 0.3 is 0 Å². The maximum Gasteiger partial charge on any atom is 0.255 e. The van der Waals surface area contributed by atoms with Crippen LogP contribution < -0.4 is 5.32 Å². The zero-order valence-electron chi connectivity index (χ0n) is 15.4. The van der Waals surface area contributed by atoms with Crippen LogP contribution in [-0.4, -0.2) is 33.0 Å². The highest BCUT2D eigenvalue weighted by Crippen LogP contribution is 2.33. The van der Waals surface area contributed by atoms with E-state index >= 15 is 0 Å². The van der Waals surface area contributed by atoms with E-state index < -0.39 is 0 Å². The smallest absolute Gasteiger partial charge is 0.255 e. The summed E-state index contributed by atoms with van der Waals surface area (Å²) in [5, 5.41) is 4.41. The molecule has 0 aliphatic heterocycles. The van der Waals surface area contributed by atoms with Gasteiger partial charge in [-0.25, -0.2) is 9.97 Å². The second-order valence-corrected chi connectivity index (χ2v) is 8.47. The highest BCUT2D eigenvalue weighted by Gasteiger charge is 2.32. The second-order valence-electron chi connectivity index (χ2n) is 7.20. The van der Waals surface area contributed by atoms with Crippen LogP contribution in [0.3, 0.4) is 0 Å². The highest BCUT2D eigenvalue weighted by molar-refractivity contribution is 7.99. The van der Waals surface area contributed by atoms with Gasteiger partial charge in [-0.3, -0.25) is 9.59 Å². The standard InChI is InChI=1S/C20H23N3O3S/c1-12-17(18-15(24)4-2-5-16(18)26-12)19(25)23-13-6-8-14(9-7-13)27-20-21-10-3-11-22-20/h3,10-11,13-14H,2,4-9H2,1H3,(H,23,25). The number of carbonyl (C=O) groups is 2. The lowest BCUT2D eigenvalue weighted by molar-refractivity contribution is 0.0909. The summed E-state index contributed by atoms with van der Waals surface area (Å²) in [6, 6.07) is 1.95. The third-order valence-corrected chi connectivity index (χ3v) is 6.52. The minimum absolute atomic E-state index is 0.0289. The lowest BCUT2D eigenvalue weighted by Gasteiger charge is -2.28. The number of ketones is 1. The number of nitrogens with one attached hydrogen (secondary N) is 1. The molecule has 27 heavy (non-hydrogen) atoms. The molecule has 1 N–H and O–H groups in total. The quantitative estimate of drug-likeness (QED) is 0.807. The average Bonchev–Trinajstić information content (AvgIpc) is 3.01. The van der Waals surface area contributed by atoms with Gasteiger partial charge in [-0.05, 0) is 45.1 Å². The number of furan rings is 1. The van der Waals surface area contributed by atoms with Crippen molar-refractivity contribution in [2.45, 2.75) is 68.3 Å². The molecule has 0 saturated heterocycles. The SMILES string of the molecule is Cc1oc2c(c1C(=O)NC1CCC(Sc3ncccn3)CC1)C(=O)CCC2. The number of hydrogen-bond donors (Lipinski definition) is 1. The first-order valence-electron chi connectivity index (χ1n) is 9.52. The number of thioether (sulfide) groups is 1. The van der Waals surface area contributed by atoms with Gasteiger partial charge in [0.1, 0.15) is 11.5 Å². The molecular formula is C20H23N3O3S. The van der Waals surface area contributed by atoms with Gasteiger partial charge in [0.15, 0.2) is 10.9 Å². The van der Waals surface area contributed by atoms with E-state index in [1.54, 1.807) is 31.1 Å². The fourth-order valence-electron chi connectivity index (χ4n) is 3.96. The van der Waals surface area contributed by atoms with Crippen molar-refractivity contribution >= 4 is 23.5 Å². The molecule has 0 aromatic carbocycles. The van der Waals surface area contributed by atoms with E-state index in [1.165, 1.54) is 0 Å². The number of nitrogens with zero attached hydrogens (tertiary/aromatic N) is 2. The predicted molar refractivity (Wildman–Crippen MR) is 102 cm³/mol. The first-order valence-corrected chi connectivity index (χ1v) is 10.4. The number of hydrogen-bond acceptors (Lipinski definition) is 6. The lowest BCUT2D eigenvalue weighted by Crippen LogP contribution is -2.38. The summed E-state index contributed by atoms with van der Waals surface area (Å²) in [7, 11) is 0. The minimum atomic E-state index is -0.171. The van der Waals surface area contributed by atoms with Crippen molar-refractivity contribution in [3.8, 4) is 0 Å². The molecule has 1 fully saturated rings. The second kappa shape index (κ2) is 7.84. The van der Waals surface area contributed by atoms with E-state index in [2.05, 4.69) is 15.3 Å². The Kier molecular flexibility index (Phi) is 5.29. The first kappa shape index (κ1) is 18.2. The topological polar surface area (TPSA) is 85.1 Å². The summed E-state index contributed by atoms with van der Waals surface area (Å²) in [6.45, 7) is 1.77. The van der Waals surface area contributed by atoms with Crippen LogP contribution in [-0.2, 0) is 6.42 Å². The molecule has 1 saturated carbocycles. The van der Waals surface area contributed by atoms with E-state index in [9.17, 15) is 9.59 Å². The number of rotatable bonds is 4. The van der Waals surface area contributed by atoms with Gasteiger partial charge in [0.2, 0.25) is 0 Å². The fraction of sp³-hybridized carbons (Fsp3) is 0.500. The molecule has 2 aliphatic rings. The predicted octanol–water partition coefficient (Wildman–Crippen LogP) is 3.73. The number of aromatic nitrogens is 2. The van der Waals surface area contributed by atoms with Crippen LogP contribution in [0.1, 0.15) is 70.8 Å². The lowest BCUT2D eigenvalue weighted by atomic mass is 9.92. The number of carbonyl (C=O) groups excluding carboxylic acids is 2. The number of amides is 1. The van der Waals surface area contributed by atoms with Crippen LogP contribution in [0.4, 0.5) is 0 Å². The summed E-state index contributed by atoms with van der Waals surface area (Å²) in [5.74, 6) is 1.09. The van der Waals surface area contributed by atoms with Gasteiger partial charge in [0.05, 0.1) is 11.1 Å². The van der Waals surface area contributed by atoms with Crippen LogP contribution in [0.25, 0.3) is 0 Å². The Bertz CT molecular complexity index is 842. The molecule has 7 heteroatoms. The van der Waals surface area contributed by atoms with Crippen molar-refractivity contribution < 1.29 is 14.0 Å². The summed E-state index contributed by atoms with van der Waals surface area (Å²) in [6.07, 6.45) is 9.41. The van der Waals surface area contributed by atoms with Crippen molar-refractivity contribution in [1.29, 1.82) is 0 Å². The van der Waals surface area contributed by atoms with Crippen molar-refractivity contribution in [3.05, 3.63) is 41.1 Å². The Morgan fingerprint density at radius 3 is 2.67 bits per heavy atom. The maximum absolute atomic E-state index is 12.8. The summed E-state index contributed by atoms with van der Waals surface area (Å²) in [4.78, 5) is 33.7. The zero-order valence-corrected chi connectivity index (χ0v) is 16.2. The molecule has 0 atom stereocenters. The van der Waals surface area contributed by atoms with Crippen molar-refractivity contribution in [1.82, 2.24) is 15.3 Å². The molecule has 0 spiro atoms. The van der Waals surface area contributed by atoms with Crippen LogP contribution in [0.2, 0.25) is 0 Å². The number of aryl methyl sites for hydroxylation is 2. The monoisotopic (exact) mass is 385 g/mol. The molecule has 2 aromatic rings. The molecule has 142 valence electrons. The van der Waals surface area contributed by atoms with Crippen LogP contribution in [0, 0.1) is 6.92 Å². The van der Waals surface area contributed by atoms with Gasteiger partial charge in [0, 0.05) is 36.5 Å². The third-order valence-electron chi connectivity index (χ3n) is 5.29. The van der Waals surface area contributed by atoms with Crippen molar-refractivity contribution in [2.24, 2.45) is 0 Å². The largest absolute Gasteiger partial charge is 0.465 e. The Labute approximate surface area is 162 Å². The molecule has 2 aliphatic carbocycles. The molecule has 0 radical (unpaired) electrons. The van der Waals surface area contributed by atoms with E-state index in [0.29, 0.717) is 34.3 Å². The maximum atomic E-state index is 12.8. The molecular weight excluding hydrogens is 362 g/mol. The van der Waals surface area contributed by atoms with Crippen LogP contribution in [0.15, 0.2) is 28.0 Å².